The highest BCUT2D eigenvalue weighted by atomic mass is 35.5. The van der Waals surface area contributed by atoms with E-state index in [1.807, 2.05) is 43.3 Å². The standard InChI is InChI=1S/C16H12ClNO2/c1-10-6-11(8-12(17)7-10)14(19)9-16-18-13-4-2-3-5-15(13)20-16/h2-8H,9H2,1H3. The number of benzene rings is 2. The molecule has 0 aliphatic carbocycles. The van der Waals surface area contributed by atoms with Crippen LogP contribution in [-0.4, -0.2) is 10.8 Å². The first-order chi connectivity index (χ1) is 9.61. The van der Waals surface area contributed by atoms with E-state index in [1.165, 1.54) is 0 Å². The smallest absolute Gasteiger partial charge is 0.203 e. The lowest BCUT2D eigenvalue weighted by Gasteiger charge is -2.01. The third-order valence-electron chi connectivity index (χ3n) is 3.01. The second-order valence-corrected chi connectivity index (χ2v) is 5.13. The molecule has 4 heteroatoms. The molecule has 1 aromatic heterocycles. The summed E-state index contributed by atoms with van der Waals surface area (Å²) in [6, 6.07) is 12.8. The number of carbonyl (C=O) groups excluding carboxylic acids is 1. The van der Waals surface area contributed by atoms with Crippen LogP contribution in [0.3, 0.4) is 0 Å². The highest BCUT2D eigenvalue weighted by Crippen LogP contribution is 2.19. The SMILES string of the molecule is Cc1cc(Cl)cc(C(=O)Cc2nc3ccccc3o2)c1. The van der Waals surface area contributed by atoms with Crippen LogP contribution < -0.4 is 0 Å². The lowest BCUT2D eigenvalue weighted by molar-refractivity contribution is 0.0986. The van der Waals surface area contributed by atoms with E-state index in [-0.39, 0.29) is 12.2 Å². The monoisotopic (exact) mass is 285 g/mol. The van der Waals surface area contributed by atoms with Gasteiger partial charge in [-0.2, -0.15) is 0 Å². The van der Waals surface area contributed by atoms with E-state index in [2.05, 4.69) is 4.98 Å². The van der Waals surface area contributed by atoms with Crippen molar-refractivity contribution >= 4 is 28.5 Å². The fraction of sp³-hybridized carbons (Fsp3) is 0.125. The lowest BCUT2D eigenvalue weighted by atomic mass is 10.1. The number of oxazole rings is 1. The Labute approximate surface area is 121 Å². The Morgan fingerprint density at radius 1 is 1.25 bits per heavy atom. The van der Waals surface area contributed by atoms with Crippen LogP contribution in [0.4, 0.5) is 0 Å². The van der Waals surface area contributed by atoms with Gasteiger partial charge in [-0.15, -0.1) is 0 Å². The van der Waals surface area contributed by atoms with Gasteiger partial charge in [-0.05, 0) is 42.8 Å². The van der Waals surface area contributed by atoms with Crippen LogP contribution in [0.25, 0.3) is 11.1 Å². The Morgan fingerprint density at radius 3 is 2.80 bits per heavy atom. The molecule has 3 nitrogen and oxygen atoms in total. The van der Waals surface area contributed by atoms with Gasteiger partial charge in [0, 0.05) is 10.6 Å². The lowest BCUT2D eigenvalue weighted by Crippen LogP contribution is -2.04. The van der Waals surface area contributed by atoms with Crippen LogP contribution in [0.1, 0.15) is 21.8 Å². The fourth-order valence-electron chi connectivity index (χ4n) is 2.13. The number of para-hydroxylation sites is 2. The zero-order valence-corrected chi connectivity index (χ0v) is 11.6. The zero-order chi connectivity index (χ0) is 14.1. The van der Waals surface area contributed by atoms with Gasteiger partial charge in [0.25, 0.3) is 0 Å². The molecule has 100 valence electrons. The summed E-state index contributed by atoms with van der Waals surface area (Å²) in [5.74, 6) is 0.371. The molecule has 0 radical (unpaired) electrons. The van der Waals surface area contributed by atoms with Crippen LogP contribution in [0, 0.1) is 6.92 Å². The van der Waals surface area contributed by atoms with Gasteiger partial charge in [-0.25, -0.2) is 4.98 Å². The van der Waals surface area contributed by atoms with E-state index in [0.717, 1.165) is 11.1 Å². The van der Waals surface area contributed by atoms with Gasteiger partial charge in [0.2, 0.25) is 5.89 Å². The molecule has 0 saturated carbocycles. The van der Waals surface area contributed by atoms with E-state index in [1.54, 1.807) is 6.07 Å². The summed E-state index contributed by atoms with van der Waals surface area (Å²) in [5, 5.41) is 0.561. The highest BCUT2D eigenvalue weighted by Gasteiger charge is 2.13. The first kappa shape index (κ1) is 12.9. The third-order valence-corrected chi connectivity index (χ3v) is 3.23. The summed E-state index contributed by atoms with van der Waals surface area (Å²) in [6.45, 7) is 1.90. The summed E-state index contributed by atoms with van der Waals surface area (Å²) >= 11 is 5.97. The van der Waals surface area contributed by atoms with E-state index >= 15 is 0 Å². The fourth-order valence-corrected chi connectivity index (χ4v) is 2.42. The molecule has 0 bridgehead atoms. The molecule has 0 atom stereocenters. The largest absolute Gasteiger partial charge is 0.440 e. The molecular weight excluding hydrogens is 274 g/mol. The van der Waals surface area contributed by atoms with Crippen molar-refractivity contribution in [2.24, 2.45) is 0 Å². The molecule has 1 heterocycles. The molecule has 0 unspecified atom stereocenters. The Kier molecular flexibility index (Phi) is 3.28. The maximum Gasteiger partial charge on any atom is 0.203 e. The summed E-state index contributed by atoms with van der Waals surface area (Å²) in [4.78, 5) is 16.5. The van der Waals surface area contributed by atoms with E-state index in [0.29, 0.717) is 22.1 Å². The zero-order valence-electron chi connectivity index (χ0n) is 10.9. The first-order valence-electron chi connectivity index (χ1n) is 6.27. The number of fused-ring (bicyclic) bond motifs is 1. The van der Waals surface area contributed by atoms with Gasteiger partial charge < -0.3 is 4.42 Å². The average Bonchev–Trinajstić information content (AvgIpc) is 2.79. The van der Waals surface area contributed by atoms with Crippen molar-refractivity contribution in [1.82, 2.24) is 4.98 Å². The van der Waals surface area contributed by atoms with Gasteiger partial charge in [-0.1, -0.05) is 23.7 Å². The Bertz CT molecular complexity index is 739. The van der Waals surface area contributed by atoms with Crippen molar-refractivity contribution in [1.29, 1.82) is 0 Å². The van der Waals surface area contributed by atoms with Crippen LogP contribution in [-0.2, 0) is 6.42 Å². The van der Waals surface area contributed by atoms with E-state index in [9.17, 15) is 4.79 Å². The summed E-state index contributed by atoms with van der Waals surface area (Å²) < 4.78 is 5.56. The number of aromatic nitrogens is 1. The average molecular weight is 286 g/mol. The molecule has 0 fully saturated rings. The van der Waals surface area contributed by atoms with Crippen LogP contribution in [0.2, 0.25) is 5.02 Å². The summed E-state index contributed by atoms with van der Waals surface area (Å²) in [5.41, 5.74) is 2.99. The number of halogens is 1. The molecule has 3 rings (SSSR count). The van der Waals surface area contributed by atoms with Gasteiger partial charge in [-0.3, -0.25) is 4.79 Å². The van der Waals surface area contributed by atoms with Crippen molar-refractivity contribution in [2.45, 2.75) is 13.3 Å². The number of rotatable bonds is 3. The van der Waals surface area contributed by atoms with Crippen LogP contribution in [0.15, 0.2) is 46.9 Å². The molecule has 3 aromatic rings. The molecule has 0 spiro atoms. The number of Topliss-reactive ketones (excluding diaryl/α,β-unsaturated/α-hetero) is 1. The maximum absolute atomic E-state index is 12.2. The number of carbonyl (C=O) groups is 1. The van der Waals surface area contributed by atoms with Crippen molar-refractivity contribution in [3.05, 3.63) is 64.5 Å². The molecular formula is C16H12ClNO2. The Balaban J connectivity index is 1.88. The predicted octanol–water partition coefficient (Wildman–Crippen LogP) is 4.22. The van der Waals surface area contributed by atoms with Gasteiger partial charge in [0.05, 0.1) is 6.42 Å². The van der Waals surface area contributed by atoms with Gasteiger partial charge in [0.15, 0.2) is 11.4 Å². The summed E-state index contributed by atoms with van der Waals surface area (Å²) in [6.07, 6.45) is 0.133. The van der Waals surface area contributed by atoms with Gasteiger partial charge >= 0.3 is 0 Å². The molecule has 20 heavy (non-hydrogen) atoms. The minimum absolute atomic E-state index is 0.0536. The first-order valence-corrected chi connectivity index (χ1v) is 6.64. The van der Waals surface area contributed by atoms with Crippen molar-refractivity contribution in [2.75, 3.05) is 0 Å². The molecule has 0 N–H and O–H groups in total. The van der Waals surface area contributed by atoms with Gasteiger partial charge in [0.1, 0.15) is 5.52 Å². The quantitative estimate of drug-likeness (QED) is 0.677. The molecule has 0 aliphatic rings. The van der Waals surface area contributed by atoms with E-state index < -0.39 is 0 Å². The molecule has 0 amide bonds. The topological polar surface area (TPSA) is 43.1 Å². The van der Waals surface area contributed by atoms with Crippen molar-refractivity contribution < 1.29 is 9.21 Å². The molecule has 2 aromatic carbocycles. The minimum Gasteiger partial charge on any atom is -0.440 e. The second-order valence-electron chi connectivity index (χ2n) is 4.69. The Hall–Kier alpha value is -2.13. The van der Waals surface area contributed by atoms with E-state index in [4.69, 9.17) is 16.0 Å². The van der Waals surface area contributed by atoms with Crippen molar-refractivity contribution in [3.63, 3.8) is 0 Å². The number of nitrogens with zero attached hydrogens (tertiary/aromatic N) is 1. The second kappa shape index (κ2) is 5.10. The number of hydrogen-bond acceptors (Lipinski definition) is 3. The molecule has 0 saturated heterocycles. The number of aryl methyl sites for hydroxylation is 1. The third kappa shape index (κ3) is 2.58. The maximum atomic E-state index is 12.2. The Morgan fingerprint density at radius 2 is 2.05 bits per heavy atom. The predicted molar refractivity (Wildman–Crippen MR) is 78.2 cm³/mol. The molecule has 0 aliphatic heterocycles. The van der Waals surface area contributed by atoms with Crippen LogP contribution >= 0.6 is 11.6 Å². The number of hydrogen-bond donors (Lipinski definition) is 0. The number of ketones is 1. The minimum atomic E-state index is -0.0536. The van der Waals surface area contributed by atoms with Crippen molar-refractivity contribution in [3.8, 4) is 0 Å². The van der Waals surface area contributed by atoms with Crippen LogP contribution in [0.5, 0.6) is 0 Å². The summed E-state index contributed by atoms with van der Waals surface area (Å²) in [7, 11) is 0. The highest BCUT2D eigenvalue weighted by molar-refractivity contribution is 6.31. The normalized spacial score (nSPS) is 10.9.